The van der Waals surface area contributed by atoms with Crippen LogP contribution >= 0.6 is 0 Å². The molecule has 1 aliphatic carbocycles. The summed E-state index contributed by atoms with van der Waals surface area (Å²) in [5.41, 5.74) is 3.02. The number of ether oxygens (including phenoxy) is 1. The van der Waals surface area contributed by atoms with Crippen molar-refractivity contribution in [2.45, 2.75) is 44.6 Å². The molecular weight excluding hydrogens is 556 g/mol. The molecule has 2 saturated heterocycles. The molecule has 2 N–H and O–H groups in total. The van der Waals surface area contributed by atoms with Crippen LogP contribution in [-0.2, 0) is 4.74 Å². The average Bonchev–Trinajstić information content (AvgIpc) is 3.57. The predicted octanol–water partition coefficient (Wildman–Crippen LogP) is 4.74. The number of hydrogen-bond donors (Lipinski definition) is 2. The van der Waals surface area contributed by atoms with Gasteiger partial charge in [-0.2, -0.15) is 0 Å². The van der Waals surface area contributed by atoms with Crippen LogP contribution in [0.2, 0.25) is 0 Å². The quantitative estimate of drug-likeness (QED) is 0.362. The van der Waals surface area contributed by atoms with Crippen LogP contribution in [0.25, 0.3) is 22.2 Å². The Bertz CT molecular complexity index is 1430. The first-order valence-corrected chi connectivity index (χ1v) is 16.1. The van der Waals surface area contributed by atoms with E-state index in [1.165, 1.54) is 0 Å². The van der Waals surface area contributed by atoms with Gasteiger partial charge in [0.05, 0.1) is 29.4 Å². The summed E-state index contributed by atoms with van der Waals surface area (Å²) in [5.74, 6) is 1.60. The zero-order valence-electron chi connectivity index (χ0n) is 25.7. The summed E-state index contributed by atoms with van der Waals surface area (Å²) in [6, 6.07) is 13.8. The van der Waals surface area contributed by atoms with Gasteiger partial charge in [-0.3, -0.25) is 4.79 Å². The van der Waals surface area contributed by atoms with Gasteiger partial charge < -0.3 is 29.9 Å². The SMILES string of the molecule is CN1CCN(c2ccc(-c3cc(C(=O)NC[C@H]4CC[C@H](CN(CC5CCCO5)C(=O)O)CC4)c4ccccc4n3)cn2)CC1. The second kappa shape index (κ2) is 13.9. The van der Waals surface area contributed by atoms with Crippen LogP contribution in [-0.4, -0.2) is 102 Å². The van der Waals surface area contributed by atoms with Gasteiger partial charge in [0, 0.05) is 63.0 Å². The second-order valence-electron chi connectivity index (χ2n) is 12.7. The van der Waals surface area contributed by atoms with E-state index < -0.39 is 6.09 Å². The number of anilines is 1. The van der Waals surface area contributed by atoms with Crippen molar-refractivity contribution in [3.8, 4) is 11.3 Å². The number of rotatable bonds is 9. The van der Waals surface area contributed by atoms with Crippen LogP contribution < -0.4 is 10.2 Å². The van der Waals surface area contributed by atoms with Gasteiger partial charge >= 0.3 is 6.09 Å². The van der Waals surface area contributed by atoms with Crippen molar-refractivity contribution in [3.63, 3.8) is 0 Å². The molecule has 3 fully saturated rings. The molecule has 2 aliphatic heterocycles. The number of benzene rings is 1. The summed E-state index contributed by atoms with van der Waals surface area (Å²) >= 11 is 0. The summed E-state index contributed by atoms with van der Waals surface area (Å²) < 4.78 is 5.67. The van der Waals surface area contributed by atoms with Crippen molar-refractivity contribution in [1.29, 1.82) is 0 Å². The number of piperazine rings is 1. The normalized spacial score (nSPS) is 22.7. The second-order valence-corrected chi connectivity index (χ2v) is 12.7. The molecular formula is C34H44N6O4. The minimum absolute atomic E-state index is 0.0279. The van der Waals surface area contributed by atoms with E-state index in [1.54, 1.807) is 4.90 Å². The first-order valence-electron chi connectivity index (χ1n) is 16.1. The maximum atomic E-state index is 13.6. The minimum Gasteiger partial charge on any atom is -0.465 e. The number of likely N-dealkylation sites (N-methyl/N-ethyl adjacent to an activating group) is 1. The number of carboxylic acid groups (broad SMARTS) is 1. The molecule has 0 spiro atoms. The van der Waals surface area contributed by atoms with E-state index in [1.807, 2.05) is 48.7 Å². The average molecular weight is 601 g/mol. The van der Waals surface area contributed by atoms with E-state index in [2.05, 4.69) is 22.2 Å². The van der Waals surface area contributed by atoms with E-state index in [0.29, 0.717) is 37.0 Å². The lowest BCUT2D eigenvalue weighted by Gasteiger charge is -2.33. The number of hydrogen-bond acceptors (Lipinski definition) is 7. The Labute approximate surface area is 259 Å². The summed E-state index contributed by atoms with van der Waals surface area (Å²) in [5, 5.41) is 13.8. The molecule has 3 aromatic rings. The molecule has 0 bridgehead atoms. The lowest BCUT2D eigenvalue weighted by Crippen LogP contribution is -2.44. The third kappa shape index (κ3) is 7.30. The fourth-order valence-corrected chi connectivity index (χ4v) is 6.80. The zero-order chi connectivity index (χ0) is 30.5. The van der Waals surface area contributed by atoms with Crippen LogP contribution in [0.4, 0.5) is 10.6 Å². The molecule has 3 aliphatic rings. The fourth-order valence-electron chi connectivity index (χ4n) is 6.80. The maximum Gasteiger partial charge on any atom is 0.407 e. The van der Waals surface area contributed by atoms with E-state index >= 15 is 0 Å². The third-order valence-electron chi connectivity index (χ3n) is 9.55. The molecule has 1 aromatic carbocycles. The standard InChI is InChI=1S/C34H44N6O4/c1-38-14-16-39(17-15-38)32-13-12-26(21-35-32)31-19-29(28-6-2-3-7-30(28)37-31)33(41)36-20-24-8-10-25(11-9-24)22-40(34(42)43)23-27-5-4-18-44-27/h2-3,6-7,12-13,19,21,24-25,27H,4-5,8-11,14-18,20,22-23H2,1H3,(H,36,41)(H,42,43)/t24-,25-,27?. The highest BCUT2D eigenvalue weighted by Crippen LogP contribution is 2.30. The molecule has 10 nitrogen and oxygen atoms in total. The van der Waals surface area contributed by atoms with E-state index in [4.69, 9.17) is 14.7 Å². The number of nitrogens with zero attached hydrogens (tertiary/aromatic N) is 5. The van der Waals surface area contributed by atoms with E-state index in [0.717, 1.165) is 99.3 Å². The Morgan fingerprint density at radius 1 is 1.00 bits per heavy atom. The Morgan fingerprint density at radius 2 is 1.77 bits per heavy atom. The highest BCUT2D eigenvalue weighted by atomic mass is 16.5. The van der Waals surface area contributed by atoms with Crippen molar-refractivity contribution >= 4 is 28.7 Å². The Balaban J connectivity index is 1.07. The van der Waals surface area contributed by atoms with Gasteiger partial charge in [0.25, 0.3) is 5.91 Å². The molecule has 1 atom stereocenters. The van der Waals surface area contributed by atoms with Gasteiger partial charge in [0.15, 0.2) is 0 Å². The highest BCUT2D eigenvalue weighted by molar-refractivity contribution is 6.07. The van der Waals surface area contributed by atoms with Crippen LogP contribution in [0.1, 0.15) is 48.9 Å². The molecule has 1 unspecified atom stereocenters. The first-order chi connectivity index (χ1) is 21.4. The van der Waals surface area contributed by atoms with E-state index in [-0.39, 0.29) is 12.0 Å². The van der Waals surface area contributed by atoms with Crippen LogP contribution in [0.3, 0.4) is 0 Å². The first kappa shape index (κ1) is 30.3. The Kier molecular flexibility index (Phi) is 9.57. The number of aromatic nitrogens is 2. The van der Waals surface area contributed by atoms with Crippen molar-refractivity contribution in [2.75, 3.05) is 64.4 Å². The number of amides is 2. The zero-order valence-corrected chi connectivity index (χ0v) is 25.7. The van der Waals surface area contributed by atoms with Crippen LogP contribution in [0.5, 0.6) is 0 Å². The third-order valence-corrected chi connectivity index (χ3v) is 9.55. The molecule has 6 rings (SSSR count). The number of carbonyl (C=O) groups is 2. The fraction of sp³-hybridized carbons (Fsp3) is 0.529. The summed E-state index contributed by atoms with van der Waals surface area (Å²) in [6.45, 7) is 6.32. The predicted molar refractivity (Wildman–Crippen MR) is 171 cm³/mol. The Hall–Kier alpha value is -3.76. The summed E-state index contributed by atoms with van der Waals surface area (Å²) in [4.78, 5) is 41.2. The van der Waals surface area contributed by atoms with Gasteiger partial charge in [0.1, 0.15) is 5.82 Å². The molecule has 1 saturated carbocycles. The molecule has 4 heterocycles. The van der Waals surface area contributed by atoms with E-state index in [9.17, 15) is 14.7 Å². The van der Waals surface area contributed by atoms with Crippen molar-refractivity contribution in [1.82, 2.24) is 25.1 Å². The number of fused-ring (bicyclic) bond motifs is 1. The monoisotopic (exact) mass is 600 g/mol. The van der Waals surface area contributed by atoms with Crippen molar-refractivity contribution in [2.24, 2.45) is 11.8 Å². The lowest BCUT2D eigenvalue weighted by molar-refractivity contribution is 0.0604. The minimum atomic E-state index is -0.861. The molecule has 2 aromatic heterocycles. The summed E-state index contributed by atoms with van der Waals surface area (Å²) in [6.07, 6.45) is 6.86. The molecule has 10 heteroatoms. The van der Waals surface area contributed by atoms with Gasteiger partial charge in [-0.05, 0) is 81.7 Å². The molecule has 44 heavy (non-hydrogen) atoms. The van der Waals surface area contributed by atoms with Gasteiger partial charge in [-0.25, -0.2) is 14.8 Å². The Morgan fingerprint density at radius 3 is 2.48 bits per heavy atom. The molecule has 234 valence electrons. The highest BCUT2D eigenvalue weighted by Gasteiger charge is 2.28. The van der Waals surface area contributed by atoms with Gasteiger partial charge in [-0.1, -0.05) is 18.2 Å². The summed E-state index contributed by atoms with van der Waals surface area (Å²) in [7, 11) is 2.14. The largest absolute Gasteiger partial charge is 0.465 e. The van der Waals surface area contributed by atoms with Crippen molar-refractivity contribution in [3.05, 3.63) is 54.2 Å². The van der Waals surface area contributed by atoms with Gasteiger partial charge in [0.2, 0.25) is 0 Å². The number of nitrogens with one attached hydrogen (secondary N) is 1. The number of para-hydroxylation sites is 1. The smallest absolute Gasteiger partial charge is 0.407 e. The lowest BCUT2D eigenvalue weighted by atomic mass is 9.81. The van der Waals surface area contributed by atoms with Gasteiger partial charge in [-0.15, -0.1) is 0 Å². The van der Waals surface area contributed by atoms with Crippen LogP contribution in [0, 0.1) is 11.8 Å². The van der Waals surface area contributed by atoms with Crippen molar-refractivity contribution < 1.29 is 19.4 Å². The number of pyridine rings is 2. The molecule has 2 amide bonds. The number of carbonyl (C=O) groups excluding carboxylic acids is 1. The topological polar surface area (TPSA) is 111 Å². The molecule has 0 radical (unpaired) electrons. The van der Waals surface area contributed by atoms with Crippen LogP contribution in [0.15, 0.2) is 48.7 Å². The maximum absolute atomic E-state index is 13.6.